The lowest BCUT2D eigenvalue weighted by Gasteiger charge is -2.71. The average molecular weight is 593 g/mol. The first-order valence-electron chi connectivity index (χ1n) is 16.4. The standard InChI is InChI=1S/C37H52O6/c1-22-12-16-36(8)29-13-17-34(6)23(2)11-10-15-35(34,7)28(29)14-18-37(36,9)30(22)19-27-20-32(42-25(4)39)33(43-26(5)40)21-31(27)41-24(3)38/h11,20-22,28-30H,10,12-19H2,1-9H3. The SMILES string of the molecule is CC(=O)Oc1cc(OC(C)=O)c(OC(C)=O)cc1CC1C(C)CCC2(C)C3CCC4(C)C(C)=CCCC4(C)C3CCC12C. The number of ether oxygens (including phenoxy) is 3. The second-order valence-corrected chi connectivity index (χ2v) is 15.3. The maximum Gasteiger partial charge on any atom is 0.308 e. The summed E-state index contributed by atoms with van der Waals surface area (Å²) in [6, 6.07) is 3.28. The van der Waals surface area contributed by atoms with Crippen LogP contribution in [-0.4, -0.2) is 17.9 Å². The number of esters is 3. The van der Waals surface area contributed by atoms with E-state index < -0.39 is 17.9 Å². The van der Waals surface area contributed by atoms with Crippen LogP contribution in [-0.2, 0) is 20.8 Å². The summed E-state index contributed by atoms with van der Waals surface area (Å²) in [4.78, 5) is 36.0. The summed E-state index contributed by atoms with van der Waals surface area (Å²) in [5.41, 5.74) is 3.32. The number of hydrogen-bond donors (Lipinski definition) is 0. The molecular formula is C37H52O6. The normalized spacial score (nSPS) is 38.5. The predicted octanol–water partition coefficient (Wildman–Crippen LogP) is 8.64. The Morgan fingerprint density at radius 2 is 1.26 bits per heavy atom. The van der Waals surface area contributed by atoms with Crippen molar-refractivity contribution < 1.29 is 28.6 Å². The Labute approximate surface area is 258 Å². The molecule has 8 atom stereocenters. The Kier molecular flexibility index (Phi) is 8.18. The average Bonchev–Trinajstić information content (AvgIpc) is 2.90. The fourth-order valence-electron chi connectivity index (χ4n) is 10.7. The summed E-state index contributed by atoms with van der Waals surface area (Å²) < 4.78 is 16.6. The van der Waals surface area contributed by atoms with Crippen molar-refractivity contribution in [1.29, 1.82) is 0 Å². The molecule has 4 aliphatic carbocycles. The highest BCUT2D eigenvalue weighted by molar-refractivity contribution is 5.75. The molecule has 0 saturated heterocycles. The molecule has 0 heterocycles. The van der Waals surface area contributed by atoms with E-state index in [2.05, 4.69) is 47.6 Å². The van der Waals surface area contributed by atoms with Crippen LogP contribution in [0.1, 0.15) is 119 Å². The first kappa shape index (κ1) is 31.8. The number of rotatable bonds is 5. The van der Waals surface area contributed by atoms with Gasteiger partial charge >= 0.3 is 17.9 Å². The van der Waals surface area contributed by atoms with Crippen LogP contribution in [0.2, 0.25) is 0 Å². The number of carbonyl (C=O) groups is 3. The third kappa shape index (κ3) is 5.05. The highest BCUT2D eigenvalue weighted by Gasteiger charge is 2.66. The highest BCUT2D eigenvalue weighted by Crippen LogP contribution is 2.74. The van der Waals surface area contributed by atoms with Crippen molar-refractivity contribution in [2.75, 3.05) is 0 Å². The van der Waals surface area contributed by atoms with Crippen molar-refractivity contribution in [3.63, 3.8) is 0 Å². The van der Waals surface area contributed by atoms with Crippen LogP contribution in [0.25, 0.3) is 0 Å². The molecule has 1 aromatic rings. The zero-order valence-electron chi connectivity index (χ0n) is 27.9. The molecule has 43 heavy (non-hydrogen) atoms. The van der Waals surface area contributed by atoms with Gasteiger partial charge < -0.3 is 14.2 Å². The number of allylic oxidation sites excluding steroid dienone is 2. The van der Waals surface area contributed by atoms with Gasteiger partial charge in [0.15, 0.2) is 11.5 Å². The van der Waals surface area contributed by atoms with Gasteiger partial charge in [-0.2, -0.15) is 0 Å². The van der Waals surface area contributed by atoms with Crippen LogP contribution >= 0.6 is 0 Å². The maximum absolute atomic E-state index is 12.2. The minimum absolute atomic E-state index is 0.0753. The van der Waals surface area contributed by atoms with E-state index in [0.29, 0.717) is 35.3 Å². The Balaban J connectivity index is 1.54. The van der Waals surface area contributed by atoms with Gasteiger partial charge in [0.1, 0.15) is 5.75 Å². The van der Waals surface area contributed by atoms with Crippen LogP contribution < -0.4 is 14.2 Å². The summed E-state index contributed by atoms with van der Waals surface area (Å²) in [6.07, 6.45) is 13.1. The second kappa shape index (κ2) is 11.1. The quantitative estimate of drug-likeness (QED) is 0.193. The number of fused-ring (bicyclic) bond motifs is 5. The van der Waals surface area contributed by atoms with Gasteiger partial charge in [-0.3, -0.25) is 14.4 Å². The molecule has 0 aliphatic heterocycles. The van der Waals surface area contributed by atoms with Crippen molar-refractivity contribution in [1.82, 2.24) is 0 Å². The predicted molar refractivity (Wildman–Crippen MR) is 167 cm³/mol. The van der Waals surface area contributed by atoms with E-state index in [4.69, 9.17) is 14.2 Å². The first-order chi connectivity index (χ1) is 20.1. The molecule has 0 spiro atoms. The topological polar surface area (TPSA) is 78.9 Å². The minimum Gasteiger partial charge on any atom is -0.426 e. The molecule has 0 aromatic heterocycles. The van der Waals surface area contributed by atoms with E-state index in [9.17, 15) is 14.4 Å². The van der Waals surface area contributed by atoms with E-state index in [1.54, 1.807) is 11.6 Å². The van der Waals surface area contributed by atoms with Crippen LogP contribution in [0.4, 0.5) is 0 Å². The molecule has 1 aromatic carbocycles. The number of benzene rings is 1. The van der Waals surface area contributed by atoms with E-state index in [0.717, 1.165) is 17.9 Å². The molecule has 4 aliphatic rings. The fraction of sp³-hybridized carbons (Fsp3) is 0.703. The lowest BCUT2D eigenvalue weighted by molar-refractivity contribution is -0.208. The summed E-state index contributed by atoms with van der Waals surface area (Å²) in [7, 11) is 0. The molecule has 6 nitrogen and oxygen atoms in total. The van der Waals surface area contributed by atoms with E-state index in [1.807, 2.05) is 0 Å². The smallest absolute Gasteiger partial charge is 0.308 e. The Hall–Kier alpha value is -2.63. The summed E-state index contributed by atoms with van der Waals surface area (Å²) >= 11 is 0. The van der Waals surface area contributed by atoms with E-state index in [1.165, 1.54) is 71.8 Å². The van der Waals surface area contributed by atoms with Gasteiger partial charge in [0.2, 0.25) is 0 Å². The van der Waals surface area contributed by atoms with Crippen LogP contribution in [0.3, 0.4) is 0 Å². The van der Waals surface area contributed by atoms with Crippen molar-refractivity contribution in [3.8, 4) is 17.2 Å². The lowest BCUT2D eigenvalue weighted by Crippen LogP contribution is -2.63. The number of hydrogen-bond acceptors (Lipinski definition) is 6. The Bertz CT molecular complexity index is 1340. The molecule has 5 rings (SSSR count). The van der Waals surface area contributed by atoms with E-state index >= 15 is 0 Å². The molecule has 3 fully saturated rings. The molecule has 8 unspecified atom stereocenters. The molecule has 6 heteroatoms. The van der Waals surface area contributed by atoms with Crippen molar-refractivity contribution in [2.24, 2.45) is 45.3 Å². The molecule has 0 amide bonds. The third-order valence-corrected chi connectivity index (χ3v) is 13.6. The summed E-state index contributed by atoms with van der Waals surface area (Å²) in [6.45, 7) is 19.0. The van der Waals surface area contributed by atoms with E-state index in [-0.39, 0.29) is 27.7 Å². The van der Waals surface area contributed by atoms with Gasteiger partial charge in [0.25, 0.3) is 0 Å². The molecular weight excluding hydrogens is 540 g/mol. The molecule has 0 bridgehead atoms. The van der Waals surface area contributed by atoms with Crippen LogP contribution in [0.5, 0.6) is 17.2 Å². The van der Waals surface area contributed by atoms with Crippen LogP contribution in [0, 0.1) is 45.3 Å². The second-order valence-electron chi connectivity index (χ2n) is 15.3. The summed E-state index contributed by atoms with van der Waals surface area (Å²) in [5.74, 6) is 1.35. The number of carbonyl (C=O) groups excluding carboxylic acids is 3. The molecule has 3 saturated carbocycles. The fourth-order valence-corrected chi connectivity index (χ4v) is 10.7. The third-order valence-electron chi connectivity index (χ3n) is 13.6. The summed E-state index contributed by atoms with van der Waals surface area (Å²) in [5, 5.41) is 0. The molecule has 0 N–H and O–H groups in total. The minimum atomic E-state index is -0.545. The molecule has 0 radical (unpaired) electrons. The van der Waals surface area contributed by atoms with Gasteiger partial charge in [-0.05, 0) is 122 Å². The Morgan fingerprint density at radius 3 is 1.88 bits per heavy atom. The lowest BCUT2D eigenvalue weighted by atomic mass is 9.34. The largest absolute Gasteiger partial charge is 0.426 e. The van der Waals surface area contributed by atoms with Gasteiger partial charge in [0.05, 0.1) is 0 Å². The van der Waals surface area contributed by atoms with Gasteiger partial charge in [-0.25, -0.2) is 0 Å². The van der Waals surface area contributed by atoms with Crippen molar-refractivity contribution in [2.45, 2.75) is 120 Å². The highest BCUT2D eigenvalue weighted by atomic mass is 16.6. The van der Waals surface area contributed by atoms with Gasteiger partial charge in [-0.15, -0.1) is 0 Å². The molecule has 236 valence electrons. The zero-order valence-corrected chi connectivity index (χ0v) is 27.9. The van der Waals surface area contributed by atoms with Gasteiger partial charge in [0, 0.05) is 26.8 Å². The zero-order chi connectivity index (χ0) is 31.5. The van der Waals surface area contributed by atoms with Crippen molar-refractivity contribution in [3.05, 3.63) is 29.3 Å². The monoisotopic (exact) mass is 592 g/mol. The van der Waals surface area contributed by atoms with Crippen molar-refractivity contribution >= 4 is 17.9 Å². The van der Waals surface area contributed by atoms with Crippen LogP contribution in [0.15, 0.2) is 23.8 Å². The first-order valence-corrected chi connectivity index (χ1v) is 16.4. The maximum atomic E-state index is 12.2. The Morgan fingerprint density at radius 1 is 0.721 bits per heavy atom. The van der Waals surface area contributed by atoms with Gasteiger partial charge in [-0.1, -0.05) is 46.3 Å².